The first-order chi connectivity index (χ1) is 8.58. The van der Waals surface area contributed by atoms with Gasteiger partial charge in [-0.15, -0.1) is 12.4 Å². The van der Waals surface area contributed by atoms with Crippen molar-refractivity contribution in [2.24, 2.45) is 7.05 Å². The fraction of sp³-hybridized carbons (Fsp3) is 0.692. The van der Waals surface area contributed by atoms with Crippen molar-refractivity contribution in [3.05, 3.63) is 17.5 Å². The summed E-state index contributed by atoms with van der Waals surface area (Å²) < 4.78 is 1.79. The van der Waals surface area contributed by atoms with E-state index in [2.05, 4.69) is 29.6 Å². The molecule has 19 heavy (non-hydrogen) atoms. The molecule has 0 spiro atoms. The SMILES string of the molecule is CC(C)c1cc(C(=O)NC2CCCNC2)nn1C.Cl. The third-order valence-electron chi connectivity index (χ3n) is 3.37. The topological polar surface area (TPSA) is 59.0 Å². The molecule has 1 aliphatic heterocycles. The largest absolute Gasteiger partial charge is 0.347 e. The number of rotatable bonds is 3. The molecule has 1 aromatic rings. The standard InChI is InChI=1S/C13H22N4O.ClH/c1-9(2)12-7-11(16-17(12)3)13(18)15-10-5-4-6-14-8-10;/h7,9-10,14H,4-6,8H2,1-3H3,(H,15,18);1H. The van der Waals surface area contributed by atoms with Crippen LogP contribution in [0.1, 0.15) is 48.8 Å². The number of nitrogens with one attached hydrogen (secondary N) is 2. The molecule has 1 aliphatic rings. The fourth-order valence-corrected chi connectivity index (χ4v) is 2.37. The molecule has 0 radical (unpaired) electrons. The Balaban J connectivity index is 0.00000180. The van der Waals surface area contributed by atoms with Crippen molar-refractivity contribution in [1.82, 2.24) is 20.4 Å². The van der Waals surface area contributed by atoms with Gasteiger partial charge < -0.3 is 10.6 Å². The first kappa shape index (κ1) is 16.0. The number of amides is 1. The van der Waals surface area contributed by atoms with Gasteiger partial charge in [0.25, 0.3) is 5.91 Å². The maximum Gasteiger partial charge on any atom is 0.272 e. The van der Waals surface area contributed by atoms with Crippen molar-refractivity contribution in [2.45, 2.75) is 38.6 Å². The Labute approximate surface area is 120 Å². The van der Waals surface area contributed by atoms with Gasteiger partial charge >= 0.3 is 0 Å². The highest BCUT2D eigenvalue weighted by Crippen LogP contribution is 2.14. The summed E-state index contributed by atoms with van der Waals surface area (Å²) in [7, 11) is 1.88. The van der Waals surface area contributed by atoms with Gasteiger partial charge in [0, 0.05) is 25.3 Å². The summed E-state index contributed by atoms with van der Waals surface area (Å²) in [6.07, 6.45) is 2.16. The second kappa shape index (κ2) is 6.91. The summed E-state index contributed by atoms with van der Waals surface area (Å²) in [4.78, 5) is 12.1. The first-order valence-corrected chi connectivity index (χ1v) is 6.63. The molecule has 5 nitrogen and oxygen atoms in total. The van der Waals surface area contributed by atoms with Gasteiger partial charge in [0.2, 0.25) is 0 Å². The number of carbonyl (C=O) groups is 1. The Morgan fingerprint density at radius 1 is 1.58 bits per heavy atom. The van der Waals surface area contributed by atoms with Gasteiger partial charge in [-0.05, 0) is 31.4 Å². The number of aromatic nitrogens is 2. The van der Waals surface area contributed by atoms with E-state index in [4.69, 9.17) is 0 Å². The van der Waals surface area contributed by atoms with Gasteiger partial charge in [-0.25, -0.2) is 0 Å². The second-order valence-corrected chi connectivity index (χ2v) is 5.25. The van der Waals surface area contributed by atoms with E-state index in [0.717, 1.165) is 31.6 Å². The van der Waals surface area contributed by atoms with Gasteiger partial charge in [0.1, 0.15) is 5.69 Å². The number of aryl methyl sites for hydroxylation is 1. The van der Waals surface area contributed by atoms with Crippen LogP contribution in [0.2, 0.25) is 0 Å². The summed E-state index contributed by atoms with van der Waals surface area (Å²) in [5, 5.41) is 10.6. The Morgan fingerprint density at radius 3 is 2.84 bits per heavy atom. The van der Waals surface area contributed by atoms with Crippen LogP contribution in [0.15, 0.2) is 6.07 Å². The molecule has 1 atom stereocenters. The molecule has 0 aromatic carbocycles. The van der Waals surface area contributed by atoms with E-state index in [1.54, 1.807) is 4.68 Å². The van der Waals surface area contributed by atoms with Crippen molar-refractivity contribution < 1.29 is 4.79 Å². The maximum absolute atomic E-state index is 12.1. The predicted molar refractivity (Wildman–Crippen MR) is 77.9 cm³/mol. The second-order valence-electron chi connectivity index (χ2n) is 5.25. The first-order valence-electron chi connectivity index (χ1n) is 6.63. The summed E-state index contributed by atoms with van der Waals surface area (Å²) in [5.74, 6) is 0.312. The third-order valence-corrected chi connectivity index (χ3v) is 3.37. The predicted octanol–water partition coefficient (Wildman–Crippen LogP) is 1.45. The summed E-state index contributed by atoms with van der Waals surface area (Å²) in [6, 6.07) is 2.12. The lowest BCUT2D eigenvalue weighted by Crippen LogP contribution is -2.45. The molecule has 1 saturated heterocycles. The highest BCUT2D eigenvalue weighted by atomic mass is 35.5. The van der Waals surface area contributed by atoms with Crippen molar-refractivity contribution in [3.8, 4) is 0 Å². The lowest BCUT2D eigenvalue weighted by atomic mass is 10.1. The number of hydrogen-bond donors (Lipinski definition) is 2. The van der Waals surface area contributed by atoms with Crippen LogP contribution in [0.4, 0.5) is 0 Å². The van der Waals surface area contributed by atoms with Gasteiger partial charge in [0.15, 0.2) is 0 Å². The van der Waals surface area contributed by atoms with Crippen LogP contribution in [0.5, 0.6) is 0 Å². The van der Waals surface area contributed by atoms with Crippen molar-refractivity contribution in [1.29, 1.82) is 0 Å². The maximum atomic E-state index is 12.1. The minimum atomic E-state index is -0.0637. The lowest BCUT2D eigenvalue weighted by Gasteiger charge is -2.23. The number of carbonyl (C=O) groups excluding carboxylic acids is 1. The molecule has 1 fully saturated rings. The molecule has 2 heterocycles. The summed E-state index contributed by atoms with van der Waals surface area (Å²) in [6.45, 7) is 6.11. The molecule has 0 aliphatic carbocycles. The Bertz CT molecular complexity index is 424. The molecule has 0 bridgehead atoms. The molecular formula is C13H23ClN4O. The van der Waals surface area contributed by atoms with Crippen molar-refractivity contribution in [3.63, 3.8) is 0 Å². The smallest absolute Gasteiger partial charge is 0.272 e. The monoisotopic (exact) mass is 286 g/mol. The Morgan fingerprint density at radius 2 is 2.32 bits per heavy atom. The van der Waals surface area contributed by atoms with Gasteiger partial charge in [-0.1, -0.05) is 13.8 Å². The van der Waals surface area contributed by atoms with Crippen LogP contribution >= 0.6 is 12.4 Å². The quantitative estimate of drug-likeness (QED) is 0.884. The highest BCUT2D eigenvalue weighted by Gasteiger charge is 2.19. The summed E-state index contributed by atoms with van der Waals surface area (Å²) >= 11 is 0. The molecule has 2 rings (SSSR count). The zero-order valence-corrected chi connectivity index (χ0v) is 12.6. The Hall–Kier alpha value is -1.07. The van der Waals surface area contributed by atoms with E-state index >= 15 is 0 Å². The molecular weight excluding hydrogens is 264 g/mol. The van der Waals surface area contributed by atoms with E-state index in [9.17, 15) is 4.79 Å². The molecule has 0 saturated carbocycles. The van der Waals surface area contributed by atoms with Crippen LogP contribution in [0.25, 0.3) is 0 Å². The molecule has 1 unspecified atom stereocenters. The van der Waals surface area contributed by atoms with E-state index in [1.165, 1.54) is 0 Å². The van der Waals surface area contributed by atoms with Gasteiger partial charge in [-0.2, -0.15) is 5.10 Å². The number of nitrogens with zero attached hydrogens (tertiary/aromatic N) is 2. The molecule has 108 valence electrons. The van der Waals surface area contributed by atoms with Crippen LogP contribution in [0.3, 0.4) is 0 Å². The minimum Gasteiger partial charge on any atom is -0.347 e. The van der Waals surface area contributed by atoms with Gasteiger partial charge in [-0.3, -0.25) is 9.48 Å². The third kappa shape index (κ3) is 3.94. The molecule has 2 N–H and O–H groups in total. The van der Waals surface area contributed by atoms with Crippen LogP contribution in [-0.2, 0) is 7.05 Å². The summed E-state index contributed by atoms with van der Waals surface area (Å²) in [5.41, 5.74) is 1.61. The highest BCUT2D eigenvalue weighted by molar-refractivity contribution is 5.92. The lowest BCUT2D eigenvalue weighted by molar-refractivity contribution is 0.0925. The minimum absolute atomic E-state index is 0. The van der Waals surface area contributed by atoms with E-state index in [1.807, 2.05) is 13.1 Å². The van der Waals surface area contributed by atoms with Crippen LogP contribution in [-0.4, -0.2) is 34.8 Å². The normalized spacial score (nSPS) is 19.1. The van der Waals surface area contributed by atoms with Crippen molar-refractivity contribution in [2.75, 3.05) is 13.1 Å². The van der Waals surface area contributed by atoms with Gasteiger partial charge in [0.05, 0.1) is 0 Å². The van der Waals surface area contributed by atoms with Crippen LogP contribution < -0.4 is 10.6 Å². The average Bonchev–Trinajstić information content (AvgIpc) is 2.73. The molecule has 1 amide bonds. The van der Waals surface area contributed by atoms with E-state index in [0.29, 0.717) is 11.6 Å². The zero-order chi connectivity index (χ0) is 13.1. The number of piperidine rings is 1. The van der Waals surface area contributed by atoms with E-state index in [-0.39, 0.29) is 24.4 Å². The molecule has 1 aromatic heterocycles. The zero-order valence-electron chi connectivity index (χ0n) is 11.8. The molecule has 6 heteroatoms. The average molecular weight is 287 g/mol. The number of halogens is 1. The van der Waals surface area contributed by atoms with Crippen molar-refractivity contribution >= 4 is 18.3 Å². The van der Waals surface area contributed by atoms with Crippen LogP contribution in [0, 0.1) is 0 Å². The van der Waals surface area contributed by atoms with E-state index < -0.39 is 0 Å². The fourth-order valence-electron chi connectivity index (χ4n) is 2.37. The Kier molecular flexibility index (Phi) is 5.82. The number of hydrogen-bond acceptors (Lipinski definition) is 3.